The molecule has 0 N–H and O–H groups in total. The number of hydrogen-bond donors (Lipinski definition) is 0. The maximum Gasteiger partial charge on any atom is 0.312 e. The van der Waals surface area contributed by atoms with E-state index in [1.807, 2.05) is 6.92 Å². The van der Waals surface area contributed by atoms with Crippen molar-refractivity contribution >= 4 is 33.0 Å². The Morgan fingerprint density at radius 3 is 2.23 bits per heavy atom. The number of nitro benzene ring substituents is 2. The van der Waals surface area contributed by atoms with Gasteiger partial charge < -0.3 is 4.74 Å². The second-order valence-electron chi connectivity index (χ2n) is 6.95. The molecule has 30 heavy (non-hydrogen) atoms. The highest BCUT2D eigenvalue weighted by atomic mass is 35.5. The third-order valence-corrected chi connectivity index (χ3v) is 7.04. The van der Waals surface area contributed by atoms with Crippen LogP contribution in [0.3, 0.4) is 0 Å². The fourth-order valence-electron chi connectivity index (χ4n) is 3.07. The summed E-state index contributed by atoms with van der Waals surface area (Å²) in [5.41, 5.74) is -0.824. The monoisotopic (exact) mass is 455 g/mol. The number of nitrogens with zero attached hydrogens (tertiary/aromatic N) is 3. The molecule has 0 radical (unpaired) electrons. The summed E-state index contributed by atoms with van der Waals surface area (Å²) in [4.78, 5) is 20.7. The Morgan fingerprint density at radius 1 is 1.03 bits per heavy atom. The quantitative estimate of drug-likeness (QED) is 0.466. The van der Waals surface area contributed by atoms with Crippen molar-refractivity contribution in [1.82, 2.24) is 4.31 Å². The second kappa shape index (κ2) is 8.54. The minimum Gasteiger partial charge on any atom is -0.449 e. The molecule has 1 aliphatic heterocycles. The van der Waals surface area contributed by atoms with Crippen molar-refractivity contribution in [2.45, 2.75) is 24.7 Å². The molecule has 12 heteroatoms. The maximum absolute atomic E-state index is 12.9. The smallest absolute Gasteiger partial charge is 0.312 e. The number of sulfonamides is 1. The third kappa shape index (κ3) is 4.53. The number of rotatable bonds is 6. The summed E-state index contributed by atoms with van der Waals surface area (Å²) in [7, 11) is -3.88. The Labute approximate surface area is 177 Å². The number of hydrogen-bond acceptors (Lipinski definition) is 7. The number of piperidine rings is 1. The molecule has 0 spiro atoms. The normalized spacial score (nSPS) is 15.7. The van der Waals surface area contributed by atoms with Crippen molar-refractivity contribution in [2.75, 3.05) is 13.1 Å². The van der Waals surface area contributed by atoms with E-state index in [2.05, 4.69) is 0 Å². The van der Waals surface area contributed by atoms with E-state index in [0.29, 0.717) is 19.0 Å². The maximum atomic E-state index is 12.9. The van der Waals surface area contributed by atoms with Crippen LogP contribution in [0.4, 0.5) is 11.4 Å². The van der Waals surface area contributed by atoms with Gasteiger partial charge in [0, 0.05) is 31.3 Å². The van der Waals surface area contributed by atoms with E-state index in [-0.39, 0.29) is 27.1 Å². The summed E-state index contributed by atoms with van der Waals surface area (Å²) in [5.74, 6) is 0.154. The lowest BCUT2D eigenvalue weighted by Gasteiger charge is -2.29. The van der Waals surface area contributed by atoms with Crippen molar-refractivity contribution in [3.05, 3.63) is 61.6 Å². The van der Waals surface area contributed by atoms with Gasteiger partial charge in [0.1, 0.15) is 5.75 Å². The van der Waals surface area contributed by atoms with E-state index in [1.54, 1.807) is 0 Å². The molecule has 1 heterocycles. The van der Waals surface area contributed by atoms with E-state index < -0.39 is 25.6 Å². The number of benzene rings is 2. The first kappa shape index (κ1) is 21.9. The zero-order valence-electron chi connectivity index (χ0n) is 15.9. The molecule has 0 unspecified atom stereocenters. The standard InChI is InChI=1S/C18H18ClN3O7S/c1-12-6-8-20(9-7-12)30(27,28)14-3-5-18(16(11-14)22(25)26)29-17-4-2-13(21(23)24)10-15(17)19/h2-5,10-12H,6-9H2,1H3. The van der Waals surface area contributed by atoms with E-state index in [1.165, 1.54) is 22.5 Å². The first-order valence-electron chi connectivity index (χ1n) is 9.00. The van der Waals surface area contributed by atoms with Gasteiger partial charge in [-0.25, -0.2) is 8.42 Å². The number of non-ortho nitro benzene ring substituents is 1. The van der Waals surface area contributed by atoms with E-state index in [9.17, 15) is 28.6 Å². The van der Waals surface area contributed by atoms with Crippen LogP contribution in [0, 0.1) is 26.1 Å². The minimum absolute atomic E-state index is 0.0361. The Hall–Kier alpha value is -2.76. The predicted octanol–water partition coefficient (Wildman–Crippen LogP) is 4.37. The van der Waals surface area contributed by atoms with Gasteiger partial charge in [0.25, 0.3) is 5.69 Å². The van der Waals surface area contributed by atoms with Crippen molar-refractivity contribution in [2.24, 2.45) is 5.92 Å². The topological polar surface area (TPSA) is 133 Å². The average Bonchev–Trinajstić information content (AvgIpc) is 2.69. The van der Waals surface area contributed by atoms with Gasteiger partial charge >= 0.3 is 5.69 Å². The molecule has 2 aromatic rings. The molecule has 0 amide bonds. The lowest BCUT2D eigenvalue weighted by atomic mass is 10.0. The van der Waals surface area contributed by atoms with Gasteiger partial charge in [0.2, 0.25) is 15.8 Å². The molecule has 2 aromatic carbocycles. The first-order chi connectivity index (χ1) is 14.1. The molecule has 1 saturated heterocycles. The van der Waals surface area contributed by atoms with Gasteiger partial charge in [-0.2, -0.15) is 4.31 Å². The number of ether oxygens (including phenoxy) is 1. The van der Waals surface area contributed by atoms with Crippen LogP contribution in [0.15, 0.2) is 41.3 Å². The molecule has 1 fully saturated rings. The summed E-state index contributed by atoms with van der Waals surface area (Å²) >= 11 is 5.97. The van der Waals surface area contributed by atoms with Crippen LogP contribution < -0.4 is 4.74 Å². The van der Waals surface area contributed by atoms with Gasteiger partial charge in [-0.3, -0.25) is 20.2 Å². The fourth-order valence-corrected chi connectivity index (χ4v) is 4.77. The average molecular weight is 456 g/mol. The van der Waals surface area contributed by atoms with Crippen LogP contribution >= 0.6 is 11.6 Å². The van der Waals surface area contributed by atoms with Crippen LogP contribution in [-0.2, 0) is 10.0 Å². The first-order valence-corrected chi connectivity index (χ1v) is 10.8. The molecule has 0 aromatic heterocycles. The van der Waals surface area contributed by atoms with Crippen molar-refractivity contribution in [3.63, 3.8) is 0 Å². The van der Waals surface area contributed by atoms with Crippen LogP contribution in [0.5, 0.6) is 11.5 Å². The van der Waals surface area contributed by atoms with Gasteiger partial charge in [0.15, 0.2) is 0 Å². The zero-order chi connectivity index (χ0) is 22.1. The third-order valence-electron chi connectivity index (χ3n) is 4.85. The largest absolute Gasteiger partial charge is 0.449 e. The highest BCUT2D eigenvalue weighted by Crippen LogP contribution is 2.38. The Balaban J connectivity index is 1.93. The Morgan fingerprint density at radius 2 is 1.67 bits per heavy atom. The second-order valence-corrected chi connectivity index (χ2v) is 9.29. The van der Waals surface area contributed by atoms with Crippen molar-refractivity contribution in [3.8, 4) is 11.5 Å². The molecule has 160 valence electrons. The number of nitro groups is 2. The predicted molar refractivity (Wildman–Crippen MR) is 108 cm³/mol. The lowest BCUT2D eigenvalue weighted by molar-refractivity contribution is -0.385. The van der Waals surface area contributed by atoms with Gasteiger partial charge in [-0.15, -0.1) is 0 Å². The van der Waals surface area contributed by atoms with Crippen molar-refractivity contribution in [1.29, 1.82) is 0 Å². The molecular weight excluding hydrogens is 438 g/mol. The fraction of sp³-hybridized carbons (Fsp3) is 0.333. The van der Waals surface area contributed by atoms with E-state index in [0.717, 1.165) is 31.0 Å². The molecule has 0 atom stereocenters. The van der Waals surface area contributed by atoms with E-state index >= 15 is 0 Å². The van der Waals surface area contributed by atoms with Crippen LogP contribution in [0.25, 0.3) is 0 Å². The van der Waals surface area contributed by atoms with Crippen LogP contribution in [0.2, 0.25) is 5.02 Å². The Bertz CT molecular complexity index is 1100. The van der Waals surface area contributed by atoms with Crippen molar-refractivity contribution < 1.29 is 23.0 Å². The summed E-state index contributed by atoms with van der Waals surface area (Å²) in [5, 5.41) is 22.2. The highest BCUT2D eigenvalue weighted by Gasteiger charge is 2.30. The number of halogens is 1. The molecule has 3 rings (SSSR count). The minimum atomic E-state index is -3.88. The van der Waals surface area contributed by atoms with Gasteiger partial charge in [0.05, 0.1) is 19.8 Å². The van der Waals surface area contributed by atoms with Crippen LogP contribution in [-0.4, -0.2) is 35.7 Å². The van der Waals surface area contributed by atoms with Gasteiger partial charge in [-0.05, 0) is 37.0 Å². The molecular formula is C18H18ClN3O7S. The summed E-state index contributed by atoms with van der Waals surface area (Å²) in [6.07, 6.45) is 1.45. The van der Waals surface area contributed by atoms with Gasteiger partial charge in [-0.1, -0.05) is 18.5 Å². The van der Waals surface area contributed by atoms with Crippen LogP contribution in [0.1, 0.15) is 19.8 Å². The van der Waals surface area contributed by atoms with E-state index in [4.69, 9.17) is 16.3 Å². The lowest BCUT2D eigenvalue weighted by Crippen LogP contribution is -2.37. The molecule has 10 nitrogen and oxygen atoms in total. The highest BCUT2D eigenvalue weighted by molar-refractivity contribution is 7.89. The summed E-state index contributed by atoms with van der Waals surface area (Å²) < 4.78 is 32.5. The SMILES string of the molecule is CC1CCN(S(=O)(=O)c2ccc(Oc3ccc([N+](=O)[O-])cc3Cl)c([N+](=O)[O-])c2)CC1. The summed E-state index contributed by atoms with van der Waals surface area (Å²) in [6, 6.07) is 6.76. The molecule has 0 saturated carbocycles. The summed E-state index contributed by atoms with van der Waals surface area (Å²) in [6.45, 7) is 2.76. The Kier molecular flexibility index (Phi) is 6.25. The molecule has 1 aliphatic rings. The molecule has 0 bridgehead atoms. The molecule has 0 aliphatic carbocycles. The zero-order valence-corrected chi connectivity index (χ0v) is 17.4.